The molecule has 1 aliphatic carbocycles. The third kappa shape index (κ3) is 2.97. The summed E-state index contributed by atoms with van der Waals surface area (Å²) in [4.78, 5) is 11.7. The summed E-state index contributed by atoms with van der Waals surface area (Å²) >= 11 is 0. The molecule has 0 radical (unpaired) electrons. The Labute approximate surface area is 102 Å². The zero-order valence-electron chi connectivity index (χ0n) is 9.06. The maximum absolute atomic E-state index is 11.7. The summed E-state index contributed by atoms with van der Waals surface area (Å²) in [6, 6.07) is 9.28. The molecular formula is C12H17ClN2O. The minimum Gasteiger partial charge on any atom is -0.352 e. The van der Waals surface area contributed by atoms with Crippen LogP contribution in [0.3, 0.4) is 0 Å². The number of amides is 1. The fraction of sp³-hybridized carbons (Fsp3) is 0.417. The average Bonchev–Trinajstić information content (AvgIpc) is 2.23. The third-order valence-corrected chi connectivity index (χ3v) is 2.89. The molecule has 1 amide bonds. The Kier molecular flexibility index (Phi) is 4.77. The van der Waals surface area contributed by atoms with Gasteiger partial charge in [0.1, 0.15) is 6.04 Å². The molecule has 3 N–H and O–H groups in total. The zero-order valence-corrected chi connectivity index (χ0v) is 9.87. The van der Waals surface area contributed by atoms with E-state index in [9.17, 15) is 4.79 Å². The van der Waals surface area contributed by atoms with Gasteiger partial charge in [-0.25, -0.2) is 0 Å². The Morgan fingerprint density at radius 3 is 2.44 bits per heavy atom. The van der Waals surface area contributed by atoms with Gasteiger partial charge >= 0.3 is 0 Å². The van der Waals surface area contributed by atoms with Gasteiger partial charge in [-0.2, -0.15) is 0 Å². The molecule has 1 saturated carbocycles. The van der Waals surface area contributed by atoms with Crippen molar-refractivity contribution in [1.82, 2.24) is 5.32 Å². The SMILES string of the molecule is Cl.NC(C(=O)NC1CCC1)c1ccccc1. The van der Waals surface area contributed by atoms with Crippen LogP contribution in [0.5, 0.6) is 0 Å². The summed E-state index contributed by atoms with van der Waals surface area (Å²) in [6.45, 7) is 0. The molecule has 0 aliphatic heterocycles. The van der Waals surface area contributed by atoms with Gasteiger partial charge in [-0.1, -0.05) is 30.3 Å². The molecule has 3 nitrogen and oxygen atoms in total. The van der Waals surface area contributed by atoms with Crippen molar-refractivity contribution in [2.24, 2.45) is 5.73 Å². The lowest BCUT2D eigenvalue weighted by Crippen LogP contribution is -2.43. The van der Waals surface area contributed by atoms with E-state index in [-0.39, 0.29) is 18.3 Å². The second-order valence-electron chi connectivity index (χ2n) is 4.02. The fourth-order valence-corrected chi connectivity index (χ4v) is 1.66. The van der Waals surface area contributed by atoms with Crippen LogP contribution in [0.25, 0.3) is 0 Å². The Hall–Kier alpha value is -1.06. The minimum atomic E-state index is -0.535. The average molecular weight is 241 g/mol. The van der Waals surface area contributed by atoms with Crippen molar-refractivity contribution >= 4 is 18.3 Å². The molecule has 1 aromatic rings. The molecule has 1 fully saturated rings. The van der Waals surface area contributed by atoms with E-state index in [4.69, 9.17) is 5.73 Å². The molecule has 0 bridgehead atoms. The van der Waals surface area contributed by atoms with Gasteiger partial charge in [0, 0.05) is 6.04 Å². The maximum atomic E-state index is 11.7. The highest BCUT2D eigenvalue weighted by Crippen LogP contribution is 2.19. The Balaban J connectivity index is 0.00000128. The topological polar surface area (TPSA) is 55.1 Å². The first-order valence-electron chi connectivity index (χ1n) is 5.38. The molecule has 0 aromatic heterocycles. The first-order valence-corrected chi connectivity index (χ1v) is 5.38. The highest BCUT2D eigenvalue weighted by atomic mass is 35.5. The second-order valence-corrected chi connectivity index (χ2v) is 4.02. The molecule has 1 unspecified atom stereocenters. The predicted molar refractivity (Wildman–Crippen MR) is 66.4 cm³/mol. The quantitative estimate of drug-likeness (QED) is 0.846. The number of nitrogens with two attached hydrogens (primary N) is 1. The monoisotopic (exact) mass is 240 g/mol. The van der Waals surface area contributed by atoms with Crippen molar-refractivity contribution in [2.45, 2.75) is 31.3 Å². The molecule has 1 aliphatic rings. The largest absolute Gasteiger partial charge is 0.352 e. The minimum absolute atomic E-state index is 0. The first-order chi connectivity index (χ1) is 7.27. The second kappa shape index (κ2) is 5.87. The standard InChI is InChI=1S/C12H16N2O.ClH/c13-11(9-5-2-1-3-6-9)12(15)14-10-7-4-8-10;/h1-3,5-6,10-11H,4,7-8,13H2,(H,14,15);1H. The van der Waals surface area contributed by atoms with Crippen LogP contribution in [-0.2, 0) is 4.79 Å². The predicted octanol–water partition coefficient (Wildman–Crippen LogP) is 1.78. The molecule has 1 atom stereocenters. The summed E-state index contributed by atoms with van der Waals surface area (Å²) in [5.74, 6) is -0.0640. The van der Waals surface area contributed by atoms with E-state index in [1.54, 1.807) is 0 Å². The van der Waals surface area contributed by atoms with Crippen molar-refractivity contribution in [1.29, 1.82) is 0 Å². The molecule has 0 heterocycles. The summed E-state index contributed by atoms with van der Waals surface area (Å²) in [6.07, 6.45) is 3.39. The van der Waals surface area contributed by atoms with Gasteiger partial charge in [-0.15, -0.1) is 12.4 Å². The fourth-order valence-electron chi connectivity index (χ4n) is 1.66. The number of halogens is 1. The van der Waals surface area contributed by atoms with Gasteiger partial charge in [0.2, 0.25) is 5.91 Å². The maximum Gasteiger partial charge on any atom is 0.241 e. The molecule has 16 heavy (non-hydrogen) atoms. The number of carbonyl (C=O) groups excluding carboxylic acids is 1. The van der Waals surface area contributed by atoms with E-state index in [1.165, 1.54) is 6.42 Å². The molecular weight excluding hydrogens is 224 g/mol. The van der Waals surface area contributed by atoms with Crippen molar-refractivity contribution in [3.63, 3.8) is 0 Å². The van der Waals surface area contributed by atoms with Crippen LogP contribution in [0.4, 0.5) is 0 Å². The number of benzene rings is 1. The van der Waals surface area contributed by atoms with Crippen LogP contribution in [0.1, 0.15) is 30.9 Å². The van der Waals surface area contributed by atoms with E-state index >= 15 is 0 Å². The smallest absolute Gasteiger partial charge is 0.241 e. The lowest BCUT2D eigenvalue weighted by atomic mass is 9.92. The van der Waals surface area contributed by atoms with Gasteiger partial charge in [0.05, 0.1) is 0 Å². The zero-order chi connectivity index (χ0) is 10.7. The number of hydrogen-bond acceptors (Lipinski definition) is 2. The lowest BCUT2D eigenvalue weighted by molar-refractivity contribution is -0.123. The van der Waals surface area contributed by atoms with E-state index in [1.807, 2.05) is 30.3 Å². The van der Waals surface area contributed by atoms with Gasteiger partial charge in [-0.3, -0.25) is 4.79 Å². The van der Waals surface area contributed by atoms with E-state index in [0.29, 0.717) is 6.04 Å². The summed E-state index contributed by atoms with van der Waals surface area (Å²) in [5, 5.41) is 2.95. The van der Waals surface area contributed by atoms with Crippen LogP contribution in [0.2, 0.25) is 0 Å². The molecule has 2 rings (SSSR count). The number of hydrogen-bond donors (Lipinski definition) is 2. The Morgan fingerprint density at radius 1 is 1.31 bits per heavy atom. The third-order valence-electron chi connectivity index (χ3n) is 2.89. The Bertz CT molecular complexity index is 338. The molecule has 4 heteroatoms. The van der Waals surface area contributed by atoms with Gasteiger partial charge in [-0.05, 0) is 24.8 Å². The Morgan fingerprint density at radius 2 is 1.94 bits per heavy atom. The van der Waals surface area contributed by atoms with Gasteiger partial charge in [0.25, 0.3) is 0 Å². The number of rotatable bonds is 3. The van der Waals surface area contributed by atoms with Gasteiger partial charge < -0.3 is 11.1 Å². The molecule has 88 valence electrons. The highest BCUT2D eigenvalue weighted by Gasteiger charge is 2.23. The molecule has 0 saturated heterocycles. The van der Waals surface area contributed by atoms with Crippen molar-refractivity contribution in [2.75, 3.05) is 0 Å². The highest BCUT2D eigenvalue weighted by molar-refractivity contribution is 5.85. The summed E-state index contributed by atoms with van der Waals surface area (Å²) in [5.41, 5.74) is 6.72. The van der Waals surface area contributed by atoms with E-state index < -0.39 is 6.04 Å². The summed E-state index contributed by atoms with van der Waals surface area (Å²) < 4.78 is 0. The normalized spacial score (nSPS) is 16.8. The van der Waals surface area contributed by atoms with Crippen LogP contribution in [-0.4, -0.2) is 11.9 Å². The van der Waals surface area contributed by atoms with Gasteiger partial charge in [0.15, 0.2) is 0 Å². The lowest BCUT2D eigenvalue weighted by Gasteiger charge is -2.27. The molecule has 0 spiro atoms. The van der Waals surface area contributed by atoms with Crippen molar-refractivity contribution in [3.8, 4) is 0 Å². The number of carbonyl (C=O) groups is 1. The molecule has 1 aromatic carbocycles. The van der Waals surface area contributed by atoms with Crippen LogP contribution < -0.4 is 11.1 Å². The number of nitrogens with one attached hydrogen (secondary N) is 1. The first kappa shape index (κ1) is 13.0. The van der Waals surface area contributed by atoms with Crippen LogP contribution >= 0.6 is 12.4 Å². The van der Waals surface area contributed by atoms with Crippen LogP contribution in [0, 0.1) is 0 Å². The van der Waals surface area contributed by atoms with Crippen molar-refractivity contribution in [3.05, 3.63) is 35.9 Å². The summed E-state index contributed by atoms with van der Waals surface area (Å²) in [7, 11) is 0. The van der Waals surface area contributed by atoms with E-state index in [2.05, 4.69) is 5.32 Å². The van der Waals surface area contributed by atoms with Crippen molar-refractivity contribution < 1.29 is 4.79 Å². The van der Waals surface area contributed by atoms with Crippen LogP contribution in [0.15, 0.2) is 30.3 Å². The van der Waals surface area contributed by atoms with E-state index in [0.717, 1.165) is 18.4 Å².